The third-order valence-corrected chi connectivity index (χ3v) is 2.94. The van der Waals surface area contributed by atoms with Crippen LogP contribution in [-0.4, -0.2) is 24.2 Å². The minimum atomic E-state index is 0.204. The molecule has 2 N–H and O–H groups in total. The topological polar surface area (TPSA) is 35.2 Å². The molecule has 1 aliphatic rings. The van der Waals surface area contributed by atoms with Crippen LogP contribution in [0.2, 0.25) is 0 Å². The second-order valence-electron chi connectivity index (χ2n) is 2.93. The van der Waals surface area contributed by atoms with E-state index >= 15 is 0 Å². The van der Waals surface area contributed by atoms with Crippen LogP contribution >= 0.6 is 11.8 Å². The van der Waals surface area contributed by atoms with Crippen molar-refractivity contribution >= 4 is 11.8 Å². The van der Waals surface area contributed by atoms with Gasteiger partial charge >= 0.3 is 0 Å². The van der Waals surface area contributed by atoms with Crippen molar-refractivity contribution in [3.05, 3.63) is 11.8 Å². The highest BCUT2D eigenvalue weighted by atomic mass is 32.2. The van der Waals surface area contributed by atoms with Gasteiger partial charge in [0, 0.05) is 11.8 Å². The van der Waals surface area contributed by atoms with Gasteiger partial charge < -0.3 is 10.5 Å². The highest BCUT2D eigenvalue weighted by Gasteiger charge is 2.12. The Morgan fingerprint density at radius 3 is 3.17 bits per heavy atom. The van der Waals surface area contributed by atoms with E-state index in [1.165, 1.54) is 5.57 Å². The number of hydrogen-bond donors (Lipinski definition) is 1. The maximum atomic E-state index is 5.97. The van der Waals surface area contributed by atoms with Crippen LogP contribution in [0.1, 0.15) is 19.8 Å². The minimum absolute atomic E-state index is 0.204. The molecule has 0 aromatic carbocycles. The van der Waals surface area contributed by atoms with Crippen molar-refractivity contribution in [3.63, 3.8) is 0 Å². The Hall–Kier alpha value is -0.150. The van der Waals surface area contributed by atoms with E-state index in [1.807, 2.05) is 18.0 Å². The maximum Gasteiger partial charge on any atom is 0.0876 e. The Morgan fingerprint density at radius 1 is 1.75 bits per heavy atom. The SMILES string of the molecule is CCSCC(N)C1=COCCC1. The van der Waals surface area contributed by atoms with Crippen molar-refractivity contribution in [2.24, 2.45) is 5.73 Å². The fraction of sp³-hybridized carbons (Fsp3) is 0.778. The highest BCUT2D eigenvalue weighted by molar-refractivity contribution is 7.99. The normalized spacial score (nSPS) is 19.7. The summed E-state index contributed by atoms with van der Waals surface area (Å²) in [6.45, 7) is 3.01. The fourth-order valence-corrected chi connectivity index (χ4v) is 1.91. The van der Waals surface area contributed by atoms with Crippen LogP contribution in [0.3, 0.4) is 0 Å². The van der Waals surface area contributed by atoms with Gasteiger partial charge in [0.2, 0.25) is 0 Å². The van der Waals surface area contributed by atoms with Crippen LogP contribution in [0.4, 0.5) is 0 Å². The molecule has 1 atom stereocenters. The number of rotatable bonds is 4. The van der Waals surface area contributed by atoms with E-state index in [0.29, 0.717) is 0 Å². The molecule has 0 bridgehead atoms. The number of ether oxygens (including phenoxy) is 1. The Labute approximate surface area is 78.5 Å². The van der Waals surface area contributed by atoms with Crippen LogP contribution in [0.15, 0.2) is 11.8 Å². The van der Waals surface area contributed by atoms with Gasteiger partial charge in [0.1, 0.15) is 0 Å². The molecule has 0 aromatic rings. The minimum Gasteiger partial charge on any atom is -0.501 e. The molecule has 1 aliphatic heterocycles. The van der Waals surface area contributed by atoms with Gasteiger partial charge in [-0.05, 0) is 24.2 Å². The van der Waals surface area contributed by atoms with Gasteiger partial charge in [-0.1, -0.05) is 6.92 Å². The zero-order valence-corrected chi connectivity index (χ0v) is 8.40. The lowest BCUT2D eigenvalue weighted by Gasteiger charge is -2.19. The lowest BCUT2D eigenvalue weighted by molar-refractivity contribution is 0.222. The highest BCUT2D eigenvalue weighted by Crippen LogP contribution is 2.16. The van der Waals surface area contributed by atoms with Gasteiger partial charge in [-0.3, -0.25) is 0 Å². The largest absolute Gasteiger partial charge is 0.501 e. The van der Waals surface area contributed by atoms with Crippen LogP contribution in [0.25, 0.3) is 0 Å². The zero-order valence-electron chi connectivity index (χ0n) is 7.58. The molecule has 12 heavy (non-hydrogen) atoms. The molecule has 1 unspecified atom stereocenters. The van der Waals surface area contributed by atoms with E-state index in [-0.39, 0.29) is 6.04 Å². The van der Waals surface area contributed by atoms with Crippen molar-refractivity contribution in [3.8, 4) is 0 Å². The lowest BCUT2D eigenvalue weighted by atomic mass is 10.0. The molecular formula is C9H17NOS. The summed E-state index contributed by atoms with van der Waals surface area (Å²) in [7, 11) is 0. The van der Waals surface area contributed by atoms with E-state index in [1.54, 1.807) is 0 Å². The Bertz CT molecular complexity index is 159. The van der Waals surface area contributed by atoms with E-state index in [4.69, 9.17) is 10.5 Å². The second-order valence-corrected chi connectivity index (χ2v) is 4.25. The van der Waals surface area contributed by atoms with E-state index in [2.05, 4.69) is 6.92 Å². The molecule has 1 rings (SSSR count). The van der Waals surface area contributed by atoms with Crippen LogP contribution < -0.4 is 5.73 Å². The Kier molecular flexibility index (Phi) is 4.54. The fourth-order valence-electron chi connectivity index (χ4n) is 1.21. The molecular weight excluding hydrogens is 170 g/mol. The molecule has 0 aliphatic carbocycles. The van der Waals surface area contributed by atoms with Gasteiger partial charge in [0.15, 0.2) is 0 Å². The number of hydrogen-bond acceptors (Lipinski definition) is 3. The Morgan fingerprint density at radius 2 is 2.58 bits per heavy atom. The van der Waals surface area contributed by atoms with E-state index in [9.17, 15) is 0 Å². The predicted octanol–water partition coefficient (Wildman–Crippen LogP) is 1.76. The van der Waals surface area contributed by atoms with Crippen molar-refractivity contribution in [2.75, 3.05) is 18.1 Å². The molecule has 0 fully saturated rings. The third-order valence-electron chi connectivity index (χ3n) is 1.94. The summed E-state index contributed by atoms with van der Waals surface area (Å²) in [6, 6.07) is 0.204. The second kappa shape index (κ2) is 5.49. The van der Waals surface area contributed by atoms with E-state index in [0.717, 1.165) is 31.0 Å². The first-order valence-corrected chi connectivity index (χ1v) is 5.64. The molecule has 0 saturated carbocycles. The quantitative estimate of drug-likeness (QED) is 0.728. The average Bonchev–Trinajstić information content (AvgIpc) is 2.15. The average molecular weight is 187 g/mol. The first-order chi connectivity index (χ1) is 5.84. The number of nitrogens with two attached hydrogens (primary N) is 1. The van der Waals surface area contributed by atoms with Crippen LogP contribution in [0.5, 0.6) is 0 Å². The molecule has 0 radical (unpaired) electrons. The summed E-state index contributed by atoms with van der Waals surface area (Å²) in [5.74, 6) is 2.16. The zero-order chi connectivity index (χ0) is 8.81. The maximum absolute atomic E-state index is 5.97. The van der Waals surface area contributed by atoms with Gasteiger partial charge in [-0.25, -0.2) is 0 Å². The standard InChI is InChI=1S/C9H17NOS/c1-2-12-7-9(10)8-4-3-5-11-6-8/h6,9H,2-5,7,10H2,1H3. The smallest absolute Gasteiger partial charge is 0.0876 e. The summed E-state index contributed by atoms with van der Waals surface area (Å²) >= 11 is 1.89. The van der Waals surface area contributed by atoms with Crippen molar-refractivity contribution < 1.29 is 4.74 Å². The molecule has 3 heteroatoms. The molecule has 70 valence electrons. The van der Waals surface area contributed by atoms with Crippen molar-refractivity contribution in [2.45, 2.75) is 25.8 Å². The number of thioether (sulfide) groups is 1. The van der Waals surface area contributed by atoms with Crippen molar-refractivity contribution in [1.29, 1.82) is 0 Å². The Balaban J connectivity index is 2.29. The summed E-state index contributed by atoms with van der Waals surface area (Å²) < 4.78 is 5.23. The molecule has 0 amide bonds. The molecule has 0 aromatic heterocycles. The summed E-state index contributed by atoms with van der Waals surface area (Å²) in [6.07, 6.45) is 4.09. The van der Waals surface area contributed by atoms with Gasteiger partial charge in [0.25, 0.3) is 0 Å². The summed E-state index contributed by atoms with van der Waals surface area (Å²) in [4.78, 5) is 0. The third kappa shape index (κ3) is 3.07. The summed E-state index contributed by atoms with van der Waals surface area (Å²) in [5, 5.41) is 0. The lowest BCUT2D eigenvalue weighted by Crippen LogP contribution is -2.27. The molecule has 1 heterocycles. The van der Waals surface area contributed by atoms with Crippen LogP contribution in [0, 0.1) is 0 Å². The first-order valence-electron chi connectivity index (χ1n) is 4.48. The van der Waals surface area contributed by atoms with Gasteiger partial charge in [-0.2, -0.15) is 11.8 Å². The molecule has 0 spiro atoms. The van der Waals surface area contributed by atoms with E-state index < -0.39 is 0 Å². The molecule has 2 nitrogen and oxygen atoms in total. The van der Waals surface area contributed by atoms with Crippen molar-refractivity contribution in [1.82, 2.24) is 0 Å². The predicted molar refractivity (Wildman–Crippen MR) is 54.2 cm³/mol. The first kappa shape index (κ1) is 9.93. The summed E-state index contributed by atoms with van der Waals surface area (Å²) in [5.41, 5.74) is 7.25. The molecule has 0 saturated heterocycles. The van der Waals surface area contributed by atoms with Crippen LogP contribution in [-0.2, 0) is 4.74 Å². The monoisotopic (exact) mass is 187 g/mol. The van der Waals surface area contributed by atoms with Gasteiger partial charge in [-0.15, -0.1) is 0 Å². The van der Waals surface area contributed by atoms with Gasteiger partial charge in [0.05, 0.1) is 12.9 Å².